The molecule has 1 aromatic carbocycles. The van der Waals surface area contributed by atoms with Gasteiger partial charge in [-0.25, -0.2) is 4.79 Å². The van der Waals surface area contributed by atoms with Crippen LogP contribution in [0.3, 0.4) is 0 Å². The van der Waals surface area contributed by atoms with Gasteiger partial charge in [-0.1, -0.05) is 6.92 Å². The first-order chi connectivity index (χ1) is 15.0. The summed E-state index contributed by atoms with van der Waals surface area (Å²) < 4.78 is 23.8. The second-order valence-electron chi connectivity index (χ2n) is 7.97. The van der Waals surface area contributed by atoms with Gasteiger partial charge in [0.25, 0.3) is 0 Å². The van der Waals surface area contributed by atoms with E-state index in [1.165, 1.54) is 6.07 Å². The molecular weight excluding hydrogens is 398 g/mol. The third kappa shape index (κ3) is 6.51. The van der Waals surface area contributed by atoms with E-state index in [2.05, 4.69) is 6.92 Å². The summed E-state index contributed by atoms with van der Waals surface area (Å²) in [6.07, 6.45) is 5.57. The van der Waals surface area contributed by atoms with Gasteiger partial charge in [0.1, 0.15) is 24.2 Å². The summed E-state index contributed by atoms with van der Waals surface area (Å²) in [5, 5.41) is 0. The lowest BCUT2D eigenvalue weighted by atomic mass is 9.89. The Morgan fingerprint density at radius 3 is 2.39 bits per heavy atom. The van der Waals surface area contributed by atoms with E-state index in [1.54, 1.807) is 20.2 Å². The number of hydrogen-bond donors (Lipinski definition) is 0. The maximum Gasteiger partial charge on any atom is 0.344 e. The van der Waals surface area contributed by atoms with Crippen molar-refractivity contribution < 1.29 is 23.7 Å². The average molecular weight is 430 g/mol. The quantitative estimate of drug-likeness (QED) is 0.565. The molecular formula is C24H31NO6. The zero-order chi connectivity index (χ0) is 22.2. The van der Waals surface area contributed by atoms with Crippen molar-refractivity contribution in [1.29, 1.82) is 0 Å². The van der Waals surface area contributed by atoms with E-state index in [0.29, 0.717) is 24.8 Å². The number of carbonyl (C=O) groups is 1. The molecule has 1 heterocycles. The molecule has 0 saturated heterocycles. The Hall–Kier alpha value is -2.96. The minimum atomic E-state index is -0.434. The summed E-state index contributed by atoms with van der Waals surface area (Å²) in [5.74, 6) is 1.92. The number of carbonyl (C=O) groups excluding carboxylic acids is 1. The first kappa shape index (κ1) is 22.7. The van der Waals surface area contributed by atoms with E-state index < -0.39 is 5.97 Å². The van der Waals surface area contributed by atoms with Crippen LogP contribution < -0.4 is 19.6 Å². The Labute approximate surface area is 182 Å². The van der Waals surface area contributed by atoms with Gasteiger partial charge in [-0.3, -0.25) is 4.79 Å². The standard InChI is InChI=1S/C24H31NO6/c1-17-4-6-21(7-5-17)31-23(27)16-30-24-18(2)25(13-12-22(24)26)14-15-29-20-10-8-19(28-3)9-11-20/h8-13,17,21H,4-7,14-16H2,1-3H3. The molecule has 1 fully saturated rings. The molecule has 7 heteroatoms. The number of benzene rings is 1. The van der Waals surface area contributed by atoms with Gasteiger partial charge in [0.2, 0.25) is 5.43 Å². The Morgan fingerprint density at radius 1 is 1.03 bits per heavy atom. The first-order valence-electron chi connectivity index (χ1n) is 10.8. The molecule has 0 amide bonds. The van der Waals surface area contributed by atoms with E-state index in [9.17, 15) is 9.59 Å². The third-order valence-corrected chi connectivity index (χ3v) is 5.64. The molecule has 1 aliphatic carbocycles. The molecule has 0 bridgehead atoms. The Bertz CT molecular complexity index is 913. The van der Waals surface area contributed by atoms with E-state index in [-0.39, 0.29) is 23.9 Å². The molecule has 1 saturated carbocycles. The van der Waals surface area contributed by atoms with Crippen LogP contribution >= 0.6 is 0 Å². The minimum Gasteiger partial charge on any atom is -0.497 e. The molecule has 168 valence electrons. The fourth-order valence-electron chi connectivity index (χ4n) is 3.70. The molecule has 31 heavy (non-hydrogen) atoms. The summed E-state index contributed by atoms with van der Waals surface area (Å²) in [6.45, 7) is 4.68. The fraction of sp³-hybridized carbons (Fsp3) is 0.500. The molecule has 7 nitrogen and oxygen atoms in total. The molecule has 1 aliphatic rings. The van der Waals surface area contributed by atoms with Crippen molar-refractivity contribution in [3.8, 4) is 17.2 Å². The molecule has 0 aliphatic heterocycles. The lowest BCUT2D eigenvalue weighted by Crippen LogP contribution is -2.27. The van der Waals surface area contributed by atoms with E-state index in [1.807, 2.05) is 28.8 Å². The van der Waals surface area contributed by atoms with Crippen molar-refractivity contribution in [1.82, 2.24) is 4.57 Å². The maximum absolute atomic E-state index is 12.3. The summed E-state index contributed by atoms with van der Waals surface area (Å²) in [4.78, 5) is 24.4. The number of pyridine rings is 1. The van der Waals surface area contributed by atoms with Crippen molar-refractivity contribution >= 4 is 5.97 Å². The number of aromatic nitrogens is 1. The zero-order valence-electron chi connectivity index (χ0n) is 18.5. The lowest BCUT2D eigenvalue weighted by Gasteiger charge is -2.26. The number of hydrogen-bond acceptors (Lipinski definition) is 6. The van der Waals surface area contributed by atoms with Crippen LogP contribution in [0.2, 0.25) is 0 Å². The van der Waals surface area contributed by atoms with Gasteiger partial charge in [-0.2, -0.15) is 0 Å². The van der Waals surface area contributed by atoms with Gasteiger partial charge in [-0.15, -0.1) is 0 Å². The van der Waals surface area contributed by atoms with Crippen molar-refractivity contribution in [2.75, 3.05) is 20.3 Å². The Morgan fingerprint density at radius 2 is 1.71 bits per heavy atom. The predicted octanol–water partition coefficient (Wildman–Crippen LogP) is 3.75. The van der Waals surface area contributed by atoms with Gasteiger partial charge < -0.3 is 23.5 Å². The lowest BCUT2D eigenvalue weighted by molar-refractivity contribution is -0.153. The molecule has 1 aromatic heterocycles. The van der Waals surface area contributed by atoms with Gasteiger partial charge in [-0.05, 0) is 62.8 Å². The molecule has 0 unspecified atom stereocenters. The highest BCUT2D eigenvalue weighted by atomic mass is 16.6. The SMILES string of the molecule is COc1ccc(OCCn2ccc(=O)c(OCC(=O)OC3CCC(C)CC3)c2C)cc1. The molecule has 3 rings (SSSR count). The maximum atomic E-state index is 12.3. The van der Waals surface area contributed by atoms with Gasteiger partial charge in [0, 0.05) is 12.3 Å². The minimum absolute atomic E-state index is 0.0454. The largest absolute Gasteiger partial charge is 0.497 e. The van der Waals surface area contributed by atoms with Gasteiger partial charge >= 0.3 is 5.97 Å². The predicted molar refractivity (Wildman–Crippen MR) is 117 cm³/mol. The summed E-state index contributed by atoms with van der Waals surface area (Å²) in [7, 11) is 1.62. The van der Waals surface area contributed by atoms with Crippen LogP contribution in [0.4, 0.5) is 0 Å². The van der Waals surface area contributed by atoms with Crippen molar-refractivity contribution in [2.24, 2.45) is 5.92 Å². The number of rotatable bonds is 9. The second-order valence-corrected chi connectivity index (χ2v) is 7.97. The van der Waals surface area contributed by atoms with Gasteiger partial charge in [0.05, 0.1) is 19.3 Å². The second kappa shape index (κ2) is 10.9. The fourth-order valence-corrected chi connectivity index (χ4v) is 3.70. The summed E-state index contributed by atoms with van der Waals surface area (Å²) in [5.41, 5.74) is 0.384. The molecule has 0 atom stereocenters. The monoisotopic (exact) mass is 429 g/mol. The van der Waals surface area contributed by atoms with Crippen LogP contribution in [0.5, 0.6) is 17.2 Å². The van der Waals surface area contributed by atoms with E-state index >= 15 is 0 Å². The first-order valence-corrected chi connectivity index (χ1v) is 10.8. The van der Waals surface area contributed by atoms with Crippen LogP contribution in [0.25, 0.3) is 0 Å². The van der Waals surface area contributed by atoms with E-state index in [4.69, 9.17) is 18.9 Å². The molecule has 0 radical (unpaired) electrons. The van der Waals surface area contributed by atoms with Gasteiger partial charge in [0.15, 0.2) is 12.4 Å². The highest BCUT2D eigenvalue weighted by Crippen LogP contribution is 2.25. The van der Waals surface area contributed by atoms with Crippen LogP contribution in [0.15, 0.2) is 41.3 Å². The van der Waals surface area contributed by atoms with Crippen molar-refractivity contribution in [3.63, 3.8) is 0 Å². The van der Waals surface area contributed by atoms with Crippen LogP contribution in [-0.4, -0.2) is 37.0 Å². The summed E-state index contributed by atoms with van der Waals surface area (Å²) in [6, 6.07) is 8.77. The van der Waals surface area contributed by atoms with E-state index in [0.717, 1.165) is 37.2 Å². The smallest absolute Gasteiger partial charge is 0.344 e. The normalized spacial score (nSPS) is 18.3. The highest BCUT2D eigenvalue weighted by Gasteiger charge is 2.22. The number of nitrogens with zero attached hydrogens (tertiary/aromatic N) is 1. The Balaban J connectivity index is 1.52. The highest BCUT2D eigenvalue weighted by molar-refractivity contribution is 5.71. The molecule has 0 spiro atoms. The number of esters is 1. The van der Waals surface area contributed by atoms with Crippen LogP contribution in [0.1, 0.15) is 38.3 Å². The average Bonchev–Trinajstić information content (AvgIpc) is 2.77. The van der Waals surface area contributed by atoms with Crippen molar-refractivity contribution in [3.05, 3.63) is 52.4 Å². The summed E-state index contributed by atoms with van der Waals surface area (Å²) >= 11 is 0. The van der Waals surface area contributed by atoms with Crippen LogP contribution in [-0.2, 0) is 16.1 Å². The van der Waals surface area contributed by atoms with Crippen molar-refractivity contribution in [2.45, 2.75) is 52.2 Å². The number of ether oxygens (including phenoxy) is 4. The molecule has 0 N–H and O–H groups in total. The van der Waals surface area contributed by atoms with Crippen LogP contribution in [0, 0.1) is 12.8 Å². The number of methoxy groups -OCH3 is 1. The molecule has 2 aromatic rings. The Kier molecular flexibility index (Phi) is 7.98. The topological polar surface area (TPSA) is 76.0 Å². The third-order valence-electron chi connectivity index (χ3n) is 5.64. The zero-order valence-corrected chi connectivity index (χ0v) is 18.5.